The normalized spacial score (nSPS) is 14.6. The van der Waals surface area contributed by atoms with Crippen molar-refractivity contribution in [2.45, 2.75) is 6.54 Å². The predicted octanol–water partition coefficient (Wildman–Crippen LogP) is 1.82. The molecule has 0 atom stereocenters. The van der Waals surface area contributed by atoms with Gasteiger partial charge in [0.2, 0.25) is 0 Å². The number of ether oxygens (including phenoxy) is 3. The SMILES string of the molecule is COCCn1nc(C(=O)OC)cc1-c1ccc(N2CCOCC2)cc1. The van der Waals surface area contributed by atoms with Crippen LogP contribution >= 0.6 is 0 Å². The van der Waals surface area contributed by atoms with Crippen molar-refractivity contribution >= 4 is 11.7 Å². The lowest BCUT2D eigenvalue weighted by Gasteiger charge is -2.28. The van der Waals surface area contributed by atoms with Crippen LogP contribution in [0, 0.1) is 0 Å². The standard InChI is InChI=1S/C18H23N3O4/c1-23-10-9-21-17(13-16(19-21)18(22)24-2)14-3-5-15(6-4-14)20-7-11-25-12-8-20/h3-6,13H,7-12H2,1-2H3. The zero-order chi connectivity index (χ0) is 17.6. The highest BCUT2D eigenvalue weighted by Crippen LogP contribution is 2.25. The van der Waals surface area contributed by atoms with Gasteiger partial charge in [-0.15, -0.1) is 0 Å². The van der Waals surface area contributed by atoms with E-state index in [4.69, 9.17) is 14.2 Å². The van der Waals surface area contributed by atoms with E-state index in [0.29, 0.717) is 18.8 Å². The predicted molar refractivity (Wildman–Crippen MR) is 93.9 cm³/mol. The molecule has 1 saturated heterocycles. The van der Waals surface area contributed by atoms with Crippen molar-refractivity contribution in [2.24, 2.45) is 0 Å². The Balaban J connectivity index is 1.86. The average molecular weight is 345 g/mol. The van der Waals surface area contributed by atoms with Crippen molar-refractivity contribution in [1.82, 2.24) is 9.78 Å². The van der Waals surface area contributed by atoms with Crippen LogP contribution in [0.25, 0.3) is 11.3 Å². The maximum absolute atomic E-state index is 11.8. The maximum atomic E-state index is 11.8. The van der Waals surface area contributed by atoms with Gasteiger partial charge in [0.1, 0.15) is 0 Å². The lowest BCUT2D eigenvalue weighted by atomic mass is 10.1. The second-order valence-electron chi connectivity index (χ2n) is 5.77. The molecule has 7 nitrogen and oxygen atoms in total. The summed E-state index contributed by atoms with van der Waals surface area (Å²) in [7, 11) is 2.99. The Morgan fingerprint density at radius 3 is 2.56 bits per heavy atom. The first-order chi connectivity index (χ1) is 12.2. The van der Waals surface area contributed by atoms with Crippen LogP contribution < -0.4 is 4.90 Å². The third-order valence-electron chi connectivity index (χ3n) is 4.22. The van der Waals surface area contributed by atoms with Crippen molar-refractivity contribution in [3.05, 3.63) is 36.0 Å². The van der Waals surface area contributed by atoms with E-state index in [9.17, 15) is 4.79 Å². The summed E-state index contributed by atoms with van der Waals surface area (Å²) in [6, 6.07) is 10.0. The van der Waals surface area contributed by atoms with E-state index in [1.54, 1.807) is 17.9 Å². The van der Waals surface area contributed by atoms with Crippen LogP contribution in [0.4, 0.5) is 5.69 Å². The monoisotopic (exact) mass is 345 g/mol. The molecule has 0 saturated carbocycles. The Morgan fingerprint density at radius 2 is 1.92 bits per heavy atom. The van der Waals surface area contributed by atoms with Gasteiger partial charge < -0.3 is 19.1 Å². The molecule has 2 aromatic rings. The molecule has 1 fully saturated rings. The lowest BCUT2D eigenvalue weighted by molar-refractivity contribution is 0.0592. The number of esters is 1. The number of hydrogen-bond donors (Lipinski definition) is 0. The molecule has 134 valence electrons. The Kier molecular flexibility index (Phi) is 5.67. The summed E-state index contributed by atoms with van der Waals surface area (Å²) in [5.74, 6) is -0.442. The fraction of sp³-hybridized carbons (Fsp3) is 0.444. The highest BCUT2D eigenvalue weighted by Gasteiger charge is 2.17. The van der Waals surface area contributed by atoms with E-state index in [-0.39, 0.29) is 0 Å². The van der Waals surface area contributed by atoms with Crippen LogP contribution in [0.5, 0.6) is 0 Å². The van der Waals surface area contributed by atoms with Crippen LogP contribution in [0.3, 0.4) is 0 Å². The molecular formula is C18H23N3O4. The number of carbonyl (C=O) groups is 1. The molecule has 1 aliphatic heterocycles. The second-order valence-corrected chi connectivity index (χ2v) is 5.77. The average Bonchev–Trinajstić information content (AvgIpc) is 3.10. The van der Waals surface area contributed by atoms with E-state index < -0.39 is 5.97 Å². The van der Waals surface area contributed by atoms with Crippen molar-refractivity contribution in [1.29, 1.82) is 0 Å². The van der Waals surface area contributed by atoms with Crippen LogP contribution in [-0.4, -0.2) is 62.9 Å². The minimum Gasteiger partial charge on any atom is -0.464 e. The molecule has 0 radical (unpaired) electrons. The molecule has 3 rings (SSSR count). The quantitative estimate of drug-likeness (QED) is 0.744. The highest BCUT2D eigenvalue weighted by atomic mass is 16.5. The number of aromatic nitrogens is 2. The molecule has 7 heteroatoms. The van der Waals surface area contributed by atoms with Crippen LogP contribution in [0.1, 0.15) is 10.5 Å². The highest BCUT2D eigenvalue weighted by molar-refractivity contribution is 5.88. The first-order valence-corrected chi connectivity index (χ1v) is 8.31. The van der Waals surface area contributed by atoms with Crippen LogP contribution in [-0.2, 0) is 20.8 Å². The Hall–Kier alpha value is -2.38. The van der Waals surface area contributed by atoms with Gasteiger partial charge in [-0.3, -0.25) is 4.68 Å². The molecule has 0 bridgehead atoms. The third kappa shape index (κ3) is 4.00. The number of methoxy groups -OCH3 is 2. The summed E-state index contributed by atoms with van der Waals surface area (Å²) in [5, 5.41) is 4.34. The molecule has 0 amide bonds. The Bertz CT molecular complexity index is 706. The van der Waals surface area contributed by atoms with Gasteiger partial charge in [0.05, 0.1) is 39.2 Å². The lowest BCUT2D eigenvalue weighted by Crippen LogP contribution is -2.36. The number of carbonyl (C=O) groups excluding carboxylic acids is 1. The second kappa shape index (κ2) is 8.13. The van der Waals surface area contributed by atoms with E-state index in [0.717, 1.165) is 37.6 Å². The van der Waals surface area contributed by atoms with Crippen molar-refractivity contribution in [3.63, 3.8) is 0 Å². The maximum Gasteiger partial charge on any atom is 0.358 e. The molecule has 1 aromatic carbocycles. The number of anilines is 1. The minimum absolute atomic E-state index is 0.297. The summed E-state index contributed by atoms with van der Waals surface area (Å²) in [4.78, 5) is 14.1. The topological polar surface area (TPSA) is 65.8 Å². The summed E-state index contributed by atoms with van der Waals surface area (Å²) in [5.41, 5.74) is 3.33. The summed E-state index contributed by atoms with van der Waals surface area (Å²) in [6.45, 7) is 4.40. The number of rotatable bonds is 6. The first kappa shape index (κ1) is 17.4. The zero-order valence-corrected chi connectivity index (χ0v) is 14.6. The fourth-order valence-electron chi connectivity index (χ4n) is 2.87. The van der Waals surface area contributed by atoms with Gasteiger partial charge >= 0.3 is 5.97 Å². The number of nitrogens with zero attached hydrogens (tertiary/aromatic N) is 3. The molecule has 0 N–H and O–H groups in total. The van der Waals surface area contributed by atoms with Crippen molar-refractivity contribution in [2.75, 3.05) is 52.0 Å². The minimum atomic E-state index is -0.442. The van der Waals surface area contributed by atoms with Crippen LogP contribution in [0.15, 0.2) is 30.3 Å². The summed E-state index contributed by atoms with van der Waals surface area (Å²) >= 11 is 0. The smallest absolute Gasteiger partial charge is 0.358 e. The summed E-state index contributed by atoms with van der Waals surface area (Å²) in [6.07, 6.45) is 0. The molecule has 0 spiro atoms. The van der Waals surface area contributed by atoms with Crippen molar-refractivity contribution in [3.8, 4) is 11.3 Å². The van der Waals surface area contributed by atoms with E-state index in [2.05, 4.69) is 22.1 Å². The van der Waals surface area contributed by atoms with Gasteiger partial charge in [-0.1, -0.05) is 12.1 Å². The third-order valence-corrected chi connectivity index (χ3v) is 4.22. The number of hydrogen-bond acceptors (Lipinski definition) is 6. The molecule has 2 heterocycles. The van der Waals surface area contributed by atoms with E-state index >= 15 is 0 Å². The Morgan fingerprint density at radius 1 is 1.20 bits per heavy atom. The van der Waals surface area contributed by atoms with E-state index in [1.165, 1.54) is 12.8 Å². The molecule has 25 heavy (non-hydrogen) atoms. The van der Waals surface area contributed by atoms with Gasteiger partial charge in [-0.2, -0.15) is 5.10 Å². The van der Waals surface area contributed by atoms with E-state index in [1.807, 2.05) is 12.1 Å². The number of benzene rings is 1. The Labute approximate surface area is 147 Å². The van der Waals surface area contributed by atoms with Gasteiger partial charge in [0.25, 0.3) is 0 Å². The molecule has 0 aliphatic carbocycles. The van der Waals surface area contributed by atoms with Gasteiger partial charge in [0, 0.05) is 25.9 Å². The summed E-state index contributed by atoms with van der Waals surface area (Å²) < 4.78 is 17.1. The largest absolute Gasteiger partial charge is 0.464 e. The fourth-order valence-corrected chi connectivity index (χ4v) is 2.87. The van der Waals surface area contributed by atoms with Crippen LogP contribution in [0.2, 0.25) is 0 Å². The molecule has 1 aromatic heterocycles. The molecule has 0 unspecified atom stereocenters. The number of morpholine rings is 1. The van der Waals surface area contributed by atoms with Gasteiger partial charge in [-0.05, 0) is 23.8 Å². The van der Waals surface area contributed by atoms with Gasteiger partial charge in [0.15, 0.2) is 5.69 Å². The van der Waals surface area contributed by atoms with Crippen molar-refractivity contribution < 1.29 is 19.0 Å². The molecule has 1 aliphatic rings. The first-order valence-electron chi connectivity index (χ1n) is 8.31. The zero-order valence-electron chi connectivity index (χ0n) is 14.6. The molecular weight excluding hydrogens is 322 g/mol. The van der Waals surface area contributed by atoms with Gasteiger partial charge in [-0.25, -0.2) is 4.79 Å².